The van der Waals surface area contributed by atoms with Gasteiger partial charge >= 0.3 is 6.09 Å². The Morgan fingerprint density at radius 3 is 1.90 bits per heavy atom. The fraction of sp³-hybridized carbons (Fsp3) is 0.562. The molecule has 0 aromatic carbocycles. The highest BCUT2D eigenvalue weighted by molar-refractivity contribution is 6.18. The maximum Gasteiger partial charge on any atom is 0.424 e. The van der Waals surface area contributed by atoms with Crippen LogP contribution in [0.15, 0.2) is 24.3 Å². The minimum Gasteiger partial charge on any atom is -0.445 e. The van der Waals surface area contributed by atoms with E-state index in [4.69, 9.17) is 4.74 Å². The molecular weight excluding hydrogens is 270 g/mol. The smallest absolute Gasteiger partial charge is 0.424 e. The first-order chi connectivity index (χ1) is 9.75. The Balaban J connectivity index is 2.89. The number of ether oxygens (including phenoxy) is 1. The van der Waals surface area contributed by atoms with Crippen LogP contribution in [-0.4, -0.2) is 28.9 Å². The summed E-state index contributed by atoms with van der Waals surface area (Å²) in [6, 6.07) is 0. The molecule has 21 heavy (non-hydrogen) atoms. The number of imide groups is 3. The molecule has 0 aromatic rings. The fourth-order valence-electron chi connectivity index (χ4n) is 2.28. The molecule has 116 valence electrons. The molecule has 3 amide bonds. The van der Waals surface area contributed by atoms with Crippen LogP contribution >= 0.6 is 0 Å². The van der Waals surface area contributed by atoms with E-state index < -0.39 is 17.9 Å². The normalized spacial score (nSPS) is 21.3. The number of carbonyl (C=O) groups is 3. The maximum absolute atomic E-state index is 12.2. The van der Waals surface area contributed by atoms with Gasteiger partial charge < -0.3 is 4.74 Å². The van der Waals surface area contributed by atoms with Crippen molar-refractivity contribution in [2.75, 3.05) is 0 Å². The zero-order valence-electron chi connectivity index (χ0n) is 13.0. The molecule has 0 spiro atoms. The van der Waals surface area contributed by atoms with Gasteiger partial charge in [-0.25, -0.2) is 4.79 Å². The minimum absolute atomic E-state index is 0.0956. The predicted molar refractivity (Wildman–Crippen MR) is 79.4 cm³/mol. The SMILES string of the molecule is C=C(C)C(=O)N(C(=O)OC1CCCCC1C)C(=O)C(=C)C. The van der Waals surface area contributed by atoms with E-state index in [1.54, 1.807) is 0 Å². The van der Waals surface area contributed by atoms with Crippen molar-refractivity contribution in [1.29, 1.82) is 0 Å². The Morgan fingerprint density at radius 1 is 1.00 bits per heavy atom. The summed E-state index contributed by atoms with van der Waals surface area (Å²) in [4.78, 5) is 36.8. The van der Waals surface area contributed by atoms with Crippen molar-refractivity contribution in [1.82, 2.24) is 4.90 Å². The maximum atomic E-state index is 12.2. The van der Waals surface area contributed by atoms with Crippen LogP contribution < -0.4 is 0 Å². The van der Waals surface area contributed by atoms with Crippen LogP contribution in [0.25, 0.3) is 0 Å². The number of amides is 3. The molecule has 0 N–H and O–H groups in total. The van der Waals surface area contributed by atoms with Crippen LogP contribution in [0.3, 0.4) is 0 Å². The average molecular weight is 293 g/mol. The Bertz CT molecular complexity index is 455. The highest BCUT2D eigenvalue weighted by atomic mass is 16.6. The monoisotopic (exact) mass is 293 g/mol. The summed E-state index contributed by atoms with van der Waals surface area (Å²) < 4.78 is 5.37. The number of carbonyl (C=O) groups excluding carboxylic acids is 3. The molecule has 0 bridgehead atoms. The van der Waals surface area contributed by atoms with Crippen molar-refractivity contribution < 1.29 is 19.1 Å². The molecule has 1 aliphatic carbocycles. The number of rotatable bonds is 3. The summed E-state index contributed by atoms with van der Waals surface area (Å²) in [6.07, 6.45) is 2.61. The van der Waals surface area contributed by atoms with Gasteiger partial charge in [-0.15, -0.1) is 0 Å². The molecular formula is C16H23NO4. The standard InChI is InChI=1S/C16H23NO4/c1-10(2)14(18)17(15(19)11(3)4)16(20)21-13-9-7-6-8-12(13)5/h12-13H,1,3,6-9H2,2,4-5H3. The van der Waals surface area contributed by atoms with E-state index in [1.807, 2.05) is 6.92 Å². The molecule has 5 heteroatoms. The van der Waals surface area contributed by atoms with Gasteiger partial charge in [0.2, 0.25) is 0 Å². The van der Waals surface area contributed by atoms with Crippen molar-refractivity contribution in [3.63, 3.8) is 0 Å². The molecule has 0 saturated heterocycles. The molecule has 0 aromatic heterocycles. The van der Waals surface area contributed by atoms with E-state index in [-0.39, 0.29) is 23.2 Å². The third kappa shape index (κ3) is 4.28. The molecule has 0 heterocycles. The Morgan fingerprint density at radius 2 is 1.48 bits per heavy atom. The zero-order valence-corrected chi connectivity index (χ0v) is 13.0. The van der Waals surface area contributed by atoms with Crippen LogP contribution in [0, 0.1) is 5.92 Å². The van der Waals surface area contributed by atoms with Gasteiger partial charge in [0.15, 0.2) is 0 Å². The first-order valence-corrected chi connectivity index (χ1v) is 7.16. The van der Waals surface area contributed by atoms with Gasteiger partial charge in [-0.3, -0.25) is 9.59 Å². The molecule has 0 aliphatic heterocycles. The first kappa shape index (κ1) is 17.1. The van der Waals surface area contributed by atoms with Crippen LogP contribution in [0.1, 0.15) is 46.5 Å². The van der Waals surface area contributed by atoms with Gasteiger partial charge in [-0.2, -0.15) is 4.90 Å². The summed E-state index contributed by atoms with van der Waals surface area (Å²) >= 11 is 0. The topological polar surface area (TPSA) is 63.7 Å². The molecule has 1 aliphatic rings. The Hall–Kier alpha value is -1.91. The molecule has 0 radical (unpaired) electrons. The van der Waals surface area contributed by atoms with Gasteiger partial charge in [0.05, 0.1) is 0 Å². The highest BCUT2D eigenvalue weighted by Crippen LogP contribution is 2.27. The minimum atomic E-state index is -0.935. The van der Waals surface area contributed by atoms with Crippen molar-refractivity contribution in [2.24, 2.45) is 5.92 Å². The second-order valence-electron chi connectivity index (χ2n) is 5.69. The molecule has 2 unspecified atom stereocenters. The van der Waals surface area contributed by atoms with E-state index in [0.717, 1.165) is 25.7 Å². The molecule has 1 rings (SSSR count). The van der Waals surface area contributed by atoms with Crippen molar-refractivity contribution >= 4 is 17.9 Å². The van der Waals surface area contributed by atoms with Gasteiger partial charge in [-0.05, 0) is 39.0 Å². The van der Waals surface area contributed by atoms with Crippen molar-refractivity contribution in [2.45, 2.75) is 52.6 Å². The van der Waals surface area contributed by atoms with Crippen LogP contribution in [0.5, 0.6) is 0 Å². The second-order valence-corrected chi connectivity index (χ2v) is 5.69. The number of hydrogen-bond donors (Lipinski definition) is 0. The van der Waals surface area contributed by atoms with Crippen molar-refractivity contribution in [3.8, 4) is 0 Å². The first-order valence-electron chi connectivity index (χ1n) is 7.16. The average Bonchev–Trinajstić information content (AvgIpc) is 2.41. The molecule has 1 saturated carbocycles. The van der Waals surface area contributed by atoms with Gasteiger partial charge in [0.25, 0.3) is 11.8 Å². The lowest BCUT2D eigenvalue weighted by atomic mass is 9.88. The predicted octanol–water partition coefficient (Wildman–Crippen LogP) is 3.21. The molecule has 5 nitrogen and oxygen atoms in total. The lowest BCUT2D eigenvalue weighted by molar-refractivity contribution is -0.138. The number of nitrogens with zero attached hydrogens (tertiary/aromatic N) is 1. The van der Waals surface area contributed by atoms with Crippen molar-refractivity contribution in [3.05, 3.63) is 24.3 Å². The lowest BCUT2D eigenvalue weighted by Crippen LogP contribution is -2.45. The number of hydrogen-bond acceptors (Lipinski definition) is 4. The molecule has 1 fully saturated rings. The largest absolute Gasteiger partial charge is 0.445 e. The summed E-state index contributed by atoms with van der Waals surface area (Å²) in [7, 11) is 0. The Kier molecular flexibility index (Phi) is 5.88. The van der Waals surface area contributed by atoms with Crippen LogP contribution in [0.4, 0.5) is 4.79 Å². The summed E-state index contributed by atoms with van der Waals surface area (Å²) in [5.74, 6) is -1.28. The van der Waals surface area contributed by atoms with E-state index >= 15 is 0 Å². The molecule has 2 atom stereocenters. The van der Waals surface area contributed by atoms with Gasteiger partial charge in [-0.1, -0.05) is 26.5 Å². The van der Waals surface area contributed by atoms with Crippen LogP contribution in [-0.2, 0) is 14.3 Å². The third-order valence-corrected chi connectivity index (χ3v) is 3.60. The third-order valence-electron chi connectivity index (χ3n) is 3.60. The van der Waals surface area contributed by atoms with E-state index in [0.29, 0.717) is 4.90 Å². The zero-order chi connectivity index (χ0) is 16.2. The summed E-state index contributed by atoms with van der Waals surface area (Å²) in [5, 5.41) is 0. The lowest BCUT2D eigenvalue weighted by Gasteiger charge is -2.30. The van der Waals surface area contributed by atoms with E-state index in [1.165, 1.54) is 13.8 Å². The van der Waals surface area contributed by atoms with E-state index in [9.17, 15) is 14.4 Å². The highest BCUT2D eigenvalue weighted by Gasteiger charge is 2.34. The van der Waals surface area contributed by atoms with Crippen LogP contribution in [0.2, 0.25) is 0 Å². The summed E-state index contributed by atoms with van der Waals surface area (Å²) in [5.41, 5.74) is 0.191. The van der Waals surface area contributed by atoms with Gasteiger partial charge in [0, 0.05) is 11.1 Å². The van der Waals surface area contributed by atoms with Gasteiger partial charge in [0.1, 0.15) is 6.10 Å². The quantitative estimate of drug-likeness (QED) is 0.749. The van der Waals surface area contributed by atoms with E-state index in [2.05, 4.69) is 13.2 Å². The fourth-order valence-corrected chi connectivity index (χ4v) is 2.28. The summed E-state index contributed by atoms with van der Waals surface area (Å²) in [6.45, 7) is 11.8. The second kappa shape index (κ2) is 7.20. The Labute approximate surface area is 125 Å².